The Morgan fingerprint density at radius 2 is 2.06 bits per heavy atom. The standard InChI is InChI=1S/C10H14FN5/c1-6(2)14-16-15-10(13)7-3-4-8(11)9(12)5-7/h3-6H,12H2,1-2H3,(H2,13,14,15). The van der Waals surface area contributed by atoms with Crippen molar-refractivity contribution in [3.8, 4) is 0 Å². The fraction of sp³-hybridized carbons (Fsp3) is 0.300. The van der Waals surface area contributed by atoms with E-state index in [0.717, 1.165) is 0 Å². The van der Waals surface area contributed by atoms with E-state index in [4.69, 9.17) is 11.5 Å². The lowest BCUT2D eigenvalue weighted by Gasteiger charge is -2.01. The monoisotopic (exact) mass is 223 g/mol. The van der Waals surface area contributed by atoms with Gasteiger partial charge in [0.25, 0.3) is 0 Å². The minimum atomic E-state index is -0.486. The van der Waals surface area contributed by atoms with Crippen molar-refractivity contribution in [3.63, 3.8) is 0 Å². The van der Waals surface area contributed by atoms with Gasteiger partial charge in [0, 0.05) is 5.56 Å². The molecule has 86 valence electrons. The topological polar surface area (TPSA) is 89.1 Å². The zero-order chi connectivity index (χ0) is 12.1. The summed E-state index contributed by atoms with van der Waals surface area (Å²) < 4.78 is 12.9. The van der Waals surface area contributed by atoms with Gasteiger partial charge in [0.05, 0.1) is 11.7 Å². The first kappa shape index (κ1) is 12.1. The first-order chi connectivity index (χ1) is 7.50. The number of anilines is 1. The molecule has 0 atom stereocenters. The van der Waals surface area contributed by atoms with Crippen LogP contribution < -0.4 is 11.5 Å². The smallest absolute Gasteiger partial charge is 0.155 e. The highest BCUT2D eigenvalue weighted by Gasteiger charge is 2.02. The summed E-state index contributed by atoms with van der Waals surface area (Å²) in [6, 6.07) is 4.16. The number of hydrogen-bond acceptors (Lipinski definition) is 3. The average Bonchev–Trinajstić information content (AvgIpc) is 2.21. The van der Waals surface area contributed by atoms with Gasteiger partial charge in [0.2, 0.25) is 0 Å². The Morgan fingerprint density at radius 1 is 1.38 bits per heavy atom. The first-order valence-electron chi connectivity index (χ1n) is 4.79. The molecule has 0 aliphatic rings. The van der Waals surface area contributed by atoms with Crippen LogP contribution in [-0.2, 0) is 0 Å². The van der Waals surface area contributed by atoms with Gasteiger partial charge in [-0.15, -0.1) is 5.10 Å². The Morgan fingerprint density at radius 3 is 2.62 bits per heavy atom. The third-order valence-electron chi connectivity index (χ3n) is 1.73. The Bertz CT molecular complexity index is 425. The minimum absolute atomic E-state index is 0.0245. The molecule has 16 heavy (non-hydrogen) atoms. The van der Waals surface area contributed by atoms with Crippen LogP contribution in [0.15, 0.2) is 33.6 Å². The van der Waals surface area contributed by atoms with Gasteiger partial charge in [-0.05, 0) is 37.3 Å². The molecule has 1 aromatic carbocycles. The van der Waals surface area contributed by atoms with Crippen LogP contribution in [-0.4, -0.2) is 11.9 Å². The molecule has 0 fully saturated rings. The molecular weight excluding hydrogens is 209 g/mol. The average molecular weight is 223 g/mol. The van der Waals surface area contributed by atoms with E-state index in [-0.39, 0.29) is 17.6 Å². The van der Waals surface area contributed by atoms with Gasteiger partial charge in [0.15, 0.2) is 5.84 Å². The summed E-state index contributed by atoms with van der Waals surface area (Å²) in [6.45, 7) is 3.73. The minimum Gasteiger partial charge on any atom is -0.396 e. The van der Waals surface area contributed by atoms with Gasteiger partial charge in [-0.2, -0.15) is 5.11 Å². The normalized spacial score (nSPS) is 12.6. The van der Waals surface area contributed by atoms with Crippen LogP contribution in [0.1, 0.15) is 19.4 Å². The van der Waals surface area contributed by atoms with E-state index in [0.29, 0.717) is 5.56 Å². The van der Waals surface area contributed by atoms with Crippen molar-refractivity contribution in [1.82, 2.24) is 0 Å². The highest BCUT2D eigenvalue weighted by atomic mass is 19.1. The fourth-order valence-corrected chi connectivity index (χ4v) is 0.938. The van der Waals surface area contributed by atoms with Gasteiger partial charge in [-0.1, -0.05) is 0 Å². The van der Waals surface area contributed by atoms with Crippen molar-refractivity contribution in [2.75, 3.05) is 5.73 Å². The molecular formula is C10H14FN5. The maximum absolute atomic E-state index is 12.9. The molecule has 1 aromatic rings. The van der Waals surface area contributed by atoms with Gasteiger partial charge in [-0.3, -0.25) is 0 Å². The van der Waals surface area contributed by atoms with E-state index in [1.165, 1.54) is 18.2 Å². The Kier molecular flexibility index (Phi) is 3.93. The third-order valence-corrected chi connectivity index (χ3v) is 1.73. The fourth-order valence-electron chi connectivity index (χ4n) is 0.938. The summed E-state index contributed by atoms with van der Waals surface area (Å²) >= 11 is 0. The van der Waals surface area contributed by atoms with Crippen molar-refractivity contribution in [2.45, 2.75) is 19.9 Å². The zero-order valence-corrected chi connectivity index (χ0v) is 9.18. The summed E-state index contributed by atoms with van der Waals surface area (Å²) in [6.07, 6.45) is 0. The predicted octanol–water partition coefficient (Wildman–Crippen LogP) is 1.89. The summed E-state index contributed by atoms with van der Waals surface area (Å²) in [5, 5.41) is 11.0. The highest BCUT2D eigenvalue weighted by molar-refractivity contribution is 5.98. The molecule has 1 rings (SSSR count). The second kappa shape index (κ2) is 5.20. The molecule has 0 saturated carbocycles. The molecule has 4 N–H and O–H groups in total. The molecule has 0 unspecified atom stereocenters. The van der Waals surface area contributed by atoms with E-state index in [2.05, 4.69) is 15.4 Å². The SMILES string of the molecule is CC(C)N=N/N=C(\N)c1ccc(F)c(N)c1. The Balaban J connectivity index is 2.88. The number of halogens is 1. The van der Waals surface area contributed by atoms with E-state index < -0.39 is 5.82 Å². The lowest BCUT2D eigenvalue weighted by molar-refractivity contribution is 0.632. The third kappa shape index (κ3) is 3.30. The van der Waals surface area contributed by atoms with Crippen LogP contribution >= 0.6 is 0 Å². The molecule has 0 heterocycles. The number of nitrogens with two attached hydrogens (primary N) is 2. The number of hydrogen-bond donors (Lipinski definition) is 2. The van der Waals surface area contributed by atoms with Crippen LogP contribution in [0.3, 0.4) is 0 Å². The number of nitrogen functional groups attached to an aromatic ring is 1. The molecule has 0 bridgehead atoms. The summed E-state index contributed by atoms with van der Waals surface area (Å²) in [4.78, 5) is 0. The quantitative estimate of drug-likeness (QED) is 0.269. The molecule has 5 nitrogen and oxygen atoms in total. The predicted molar refractivity (Wildman–Crippen MR) is 61.5 cm³/mol. The Labute approximate surface area is 93.0 Å². The van der Waals surface area contributed by atoms with Crippen LogP contribution in [0.5, 0.6) is 0 Å². The lowest BCUT2D eigenvalue weighted by atomic mass is 10.2. The van der Waals surface area contributed by atoms with Crippen molar-refractivity contribution in [3.05, 3.63) is 29.6 Å². The van der Waals surface area contributed by atoms with E-state index in [1.807, 2.05) is 13.8 Å². The number of rotatable bonds is 3. The summed E-state index contributed by atoms with van der Waals surface area (Å²) in [7, 11) is 0. The molecule has 0 amide bonds. The number of benzene rings is 1. The molecule has 0 aliphatic carbocycles. The molecule has 0 saturated heterocycles. The molecule has 0 aliphatic heterocycles. The van der Waals surface area contributed by atoms with Crippen molar-refractivity contribution in [2.24, 2.45) is 21.2 Å². The van der Waals surface area contributed by atoms with Crippen molar-refractivity contribution >= 4 is 11.5 Å². The summed E-state index contributed by atoms with van der Waals surface area (Å²) in [5.74, 6) is -0.337. The second-order valence-electron chi connectivity index (χ2n) is 3.52. The lowest BCUT2D eigenvalue weighted by Crippen LogP contribution is -2.13. The van der Waals surface area contributed by atoms with E-state index >= 15 is 0 Å². The Hall–Kier alpha value is -1.98. The second-order valence-corrected chi connectivity index (χ2v) is 3.52. The van der Waals surface area contributed by atoms with Crippen LogP contribution in [0.2, 0.25) is 0 Å². The van der Waals surface area contributed by atoms with Gasteiger partial charge >= 0.3 is 0 Å². The highest BCUT2D eigenvalue weighted by Crippen LogP contribution is 2.11. The van der Waals surface area contributed by atoms with Crippen LogP contribution in [0, 0.1) is 5.82 Å². The van der Waals surface area contributed by atoms with Gasteiger partial charge in [-0.25, -0.2) is 4.39 Å². The summed E-state index contributed by atoms with van der Waals surface area (Å²) in [5.41, 5.74) is 11.6. The first-order valence-corrected chi connectivity index (χ1v) is 4.79. The van der Waals surface area contributed by atoms with Gasteiger partial charge in [0.1, 0.15) is 5.82 Å². The van der Waals surface area contributed by atoms with Gasteiger partial charge < -0.3 is 11.5 Å². The van der Waals surface area contributed by atoms with Crippen molar-refractivity contribution in [1.29, 1.82) is 0 Å². The zero-order valence-electron chi connectivity index (χ0n) is 9.18. The largest absolute Gasteiger partial charge is 0.396 e. The maximum Gasteiger partial charge on any atom is 0.155 e. The maximum atomic E-state index is 12.9. The molecule has 0 radical (unpaired) electrons. The molecule has 6 heteroatoms. The van der Waals surface area contributed by atoms with E-state index in [9.17, 15) is 4.39 Å². The van der Waals surface area contributed by atoms with Crippen LogP contribution in [0.4, 0.5) is 10.1 Å². The number of nitrogens with zero attached hydrogens (tertiary/aromatic N) is 3. The van der Waals surface area contributed by atoms with E-state index in [1.54, 1.807) is 0 Å². The molecule has 0 aromatic heterocycles. The molecule has 0 spiro atoms. The number of amidine groups is 1. The van der Waals surface area contributed by atoms with Crippen LogP contribution in [0.25, 0.3) is 0 Å². The van der Waals surface area contributed by atoms with Crippen molar-refractivity contribution < 1.29 is 4.39 Å².